The van der Waals surface area contributed by atoms with Crippen molar-refractivity contribution in [2.75, 3.05) is 6.61 Å². The molecule has 4 aromatic rings. The Labute approximate surface area is 163 Å². The van der Waals surface area contributed by atoms with Crippen molar-refractivity contribution in [3.05, 3.63) is 76.5 Å². The molecule has 2 aromatic carbocycles. The van der Waals surface area contributed by atoms with Crippen LogP contribution in [-0.2, 0) is 13.1 Å². The van der Waals surface area contributed by atoms with Gasteiger partial charge in [0.15, 0.2) is 0 Å². The van der Waals surface area contributed by atoms with Crippen molar-refractivity contribution in [3.63, 3.8) is 0 Å². The number of fused-ring (bicyclic) bond motifs is 2. The number of para-hydroxylation sites is 2. The van der Waals surface area contributed by atoms with Crippen LogP contribution in [0.3, 0.4) is 0 Å². The van der Waals surface area contributed by atoms with Crippen molar-refractivity contribution in [1.29, 1.82) is 0 Å². The highest BCUT2D eigenvalue weighted by atomic mass is 16.3. The van der Waals surface area contributed by atoms with Crippen LogP contribution in [0.25, 0.3) is 34.0 Å². The van der Waals surface area contributed by atoms with Crippen LogP contribution in [0.15, 0.2) is 59.5 Å². The normalized spacial score (nSPS) is 11.8. The summed E-state index contributed by atoms with van der Waals surface area (Å²) < 4.78 is 3.86. The monoisotopic (exact) mass is 373 g/mol. The van der Waals surface area contributed by atoms with Crippen LogP contribution in [0.2, 0.25) is 0 Å². The summed E-state index contributed by atoms with van der Waals surface area (Å²) in [5.74, 6) is 0.602. The maximum atomic E-state index is 12.9. The average molecular weight is 373 g/mol. The third-order valence-corrected chi connectivity index (χ3v) is 5.00. The lowest BCUT2D eigenvalue weighted by molar-refractivity contribution is 0.278. The van der Waals surface area contributed by atoms with Gasteiger partial charge in [-0.15, -0.1) is 0 Å². The van der Waals surface area contributed by atoms with Crippen molar-refractivity contribution in [2.24, 2.45) is 0 Å². The van der Waals surface area contributed by atoms with E-state index in [9.17, 15) is 9.90 Å². The number of aromatic nitrogens is 3. The Kier molecular flexibility index (Phi) is 5.08. The van der Waals surface area contributed by atoms with E-state index in [4.69, 9.17) is 4.98 Å². The van der Waals surface area contributed by atoms with Gasteiger partial charge in [0.25, 0.3) is 5.56 Å². The first kappa shape index (κ1) is 18.2. The Morgan fingerprint density at radius 1 is 1.04 bits per heavy atom. The first-order valence-electron chi connectivity index (χ1n) is 9.59. The summed E-state index contributed by atoms with van der Waals surface area (Å²) in [6, 6.07) is 15.7. The van der Waals surface area contributed by atoms with Gasteiger partial charge in [-0.3, -0.25) is 9.36 Å². The number of benzene rings is 2. The van der Waals surface area contributed by atoms with E-state index >= 15 is 0 Å². The first-order valence-corrected chi connectivity index (χ1v) is 9.59. The topological polar surface area (TPSA) is 60.0 Å². The largest absolute Gasteiger partial charge is 0.396 e. The lowest BCUT2D eigenvalue weighted by Crippen LogP contribution is -2.24. The summed E-state index contributed by atoms with van der Waals surface area (Å²) >= 11 is 0. The standard InChI is InChI=1S/C23H23N3O2/c1-2-25-16-17(18-8-4-6-11-21(18)25)12-13-22-24-20-10-5-3-9-19(20)23(28)26(22)14-7-15-27/h3-6,8-13,16,27H,2,7,14-15H2,1H3/b13-12+. The molecule has 0 bridgehead atoms. The second kappa shape index (κ2) is 7.82. The molecule has 28 heavy (non-hydrogen) atoms. The second-order valence-electron chi connectivity index (χ2n) is 6.74. The highest BCUT2D eigenvalue weighted by molar-refractivity contribution is 5.92. The Morgan fingerprint density at radius 2 is 1.79 bits per heavy atom. The predicted molar refractivity (Wildman–Crippen MR) is 114 cm³/mol. The number of hydrogen-bond acceptors (Lipinski definition) is 3. The lowest BCUT2D eigenvalue weighted by atomic mass is 10.1. The van der Waals surface area contributed by atoms with Gasteiger partial charge in [0.2, 0.25) is 0 Å². The fraction of sp³-hybridized carbons (Fsp3) is 0.217. The molecule has 0 spiro atoms. The van der Waals surface area contributed by atoms with Crippen LogP contribution >= 0.6 is 0 Å². The summed E-state index contributed by atoms with van der Waals surface area (Å²) in [7, 11) is 0. The van der Waals surface area contributed by atoms with E-state index in [0.717, 1.165) is 12.1 Å². The highest BCUT2D eigenvalue weighted by Gasteiger charge is 2.10. The van der Waals surface area contributed by atoms with E-state index in [1.165, 1.54) is 10.9 Å². The molecule has 1 N–H and O–H groups in total. The van der Waals surface area contributed by atoms with Crippen LogP contribution in [0, 0.1) is 0 Å². The van der Waals surface area contributed by atoms with Gasteiger partial charge >= 0.3 is 0 Å². The summed E-state index contributed by atoms with van der Waals surface area (Å²) in [5, 5.41) is 11.0. The quantitative estimate of drug-likeness (QED) is 0.557. The minimum atomic E-state index is -0.0744. The van der Waals surface area contributed by atoms with E-state index in [0.29, 0.717) is 29.7 Å². The van der Waals surface area contributed by atoms with Crippen molar-refractivity contribution >= 4 is 34.0 Å². The zero-order valence-corrected chi connectivity index (χ0v) is 15.9. The van der Waals surface area contributed by atoms with Crippen molar-refractivity contribution in [1.82, 2.24) is 14.1 Å². The van der Waals surface area contributed by atoms with Gasteiger partial charge in [-0.25, -0.2) is 4.98 Å². The van der Waals surface area contributed by atoms with E-state index in [2.05, 4.69) is 29.8 Å². The Balaban J connectivity index is 1.84. The third-order valence-electron chi connectivity index (χ3n) is 5.00. The second-order valence-corrected chi connectivity index (χ2v) is 6.74. The van der Waals surface area contributed by atoms with E-state index in [1.807, 2.05) is 42.5 Å². The number of hydrogen-bond donors (Lipinski definition) is 1. The van der Waals surface area contributed by atoms with Gasteiger partial charge in [-0.2, -0.15) is 0 Å². The molecule has 5 heteroatoms. The maximum Gasteiger partial charge on any atom is 0.261 e. The zero-order chi connectivity index (χ0) is 19.5. The minimum absolute atomic E-state index is 0.0341. The molecule has 0 aliphatic rings. The lowest BCUT2D eigenvalue weighted by Gasteiger charge is -2.10. The molecule has 0 aliphatic carbocycles. The van der Waals surface area contributed by atoms with Crippen molar-refractivity contribution in [2.45, 2.75) is 26.4 Å². The van der Waals surface area contributed by atoms with Crippen LogP contribution in [0.5, 0.6) is 0 Å². The molecule has 2 aromatic heterocycles. The molecule has 5 nitrogen and oxygen atoms in total. The molecule has 0 aliphatic heterocycles. The van der Waals surface area contributed by atoms with E-state index in [1.54, 1.807) is 10.6 Å². The molecule has 0 radical (unpaired) electrons. The Morgan fingerprint density at radius 3 is 2.57 bits per heavy atom. The molecule has 0 unspecified atom stereocenters. The minimum Gasteiger partial charge on any atom is -0.396 e. The smallest absolute Gasteiger partial charge is 0.261 e. The van der Waals surface area contributed by atoms with Gasteiger partial charge in [0.1, 0.15) is 5.82 Å². The molecule has 142 valence electrons. The van der Waals surface area contributed by atoms with Crippen LogP contribution < -0.4 is 5.56 Å². The van der Waals surface area contributed by atoms with E-state index < -0.39 is 0 Å². The maximum absolute atomic E-state index is 12.9. The summed E-state index contributed by atoms with van der Waals surface area (Å²) in [6.07, 6.45) is 6.54. The average Bonchev–Trinajstić information content (AvgIpc) is 3.10. The summed E-state index contributed by atoms with van der Waals surface area (Å²) in [6.45, 7) is 3.48. The molecular formula is C23H23N3O2. The van der Waals surface area contributed by atoms with Gasteiger partial charge in [-0.1, -0.05) is 30.3 Å². The number of nitrogens with zero attached hydrogens (tertiary/aromatic N) is 3. The fourth-order valence-electron chi connectivity index (χ4n) is 3.59. The Hall–Kier alpha value is -3.18. The van der Waals surface area contributed by atoms with Gasteiger partial charge in [0, 0.05) is 42.4 Å². The van der Waals surface area contributed by atoms with Gasteiger partial charge < -0.3 is 9.67 Å². The first-order chi connectivity index (χ1) is 13.7. The molecule has 0 amide bonds. The molecule has 0 fully saturated rings. The molecule has 0 saturated heterocycles. The molecule has 2 heterocycles. The zero-order valence-electron chi connectivity index (χ0n) is 15.9. The van der Waals surface area contributed by atoms with Gasteiger partial charge in [0.05, 0.1) is 10.9 Å². The molecule has 0 saturated carbocycles. The van der Waals surface area contributed by atoms with Crippen LogP contribution in [0.1, 0.15) is 24.7 Å². The fourth-order valence-corrected chi connectivity index (χ4v) is 3.59. The molecule has 4 rings (SSSR count). The SMILES string of the molecule is CCn1cc(/C=C/c2nc3ccccc3c(=O)n2CCCO)c2ccccc21. The number of aliphatic hydroxyl groups is 1. The summed E-state index contributed by atoms with van der Waals surface area (Å²) in [4.78, 5) is 17.6. The molecule has 0 atom stereocenters. The van der Waals surface area contributed by atoms with Crippen LogP contribution in [0.4, 0.5) is 0 Å². The summed E-state index contributed by atoms with van der Waals surface area (Å²) in [5.41, 5.74) is 2.89. The van der Waals surface area contributed by atoms with Crippen LogP contribution in [-0.4, -0.2) is 25.8 Å². The van der Waals surface area contributed by atoms with E-state index in [-0.39, 0.29) is 12.2 Å². The number of rotatable bonds is 6. The van der Waals surface area contributed by atoms with Gasteiger partial charge in [-0.05, 0) is 43.7 Å². The van der Waals surface area contributed by atoms with Crippen molar-refractivity contribution in [3.8, 4) is 0 Å². The van der Waals surface area contributed by atoms with Crippen molar-refractivity contribution < 1.29 is 5.11 Å². The highest BCUT2D eigenvalue weighted by Crippen LogP contribution is 2.23. The predicted octanol–water partition coefficient (Wildman–Crippen LogP) is 3.92. The Bertz CT molecular complexity index is 1220. The molecular weight excluding hydrogens is 350 g/mol. The number of aryl methyl sites for hydroxylation is 1. The third kappa shape index (κ3) is 3.25. The number of aliphatic hydroxyl groups excluding tert-OH is 1.